The molecular weight excluding hydrogens is 238 g/mol. The fourth-order valence-electron chi connectivity index (χ4n) is 1.30. The first-order valence-electron chi connectivity index (χ1n) is 4.96. The normalized spacial score (nSPS) is 10.1. The highest BCUT2D eigenvalue weighted by Crippen LogP contribution is 2.12. The number of aromatic amines is 1. The van der Waals surface area contributed by atoms with Crippen molar-refractivity contribution in [3.8, 4) is 0 Å². The van der Waals surface area contributed by atoms with Crippen molar-refractivity contribution < 1.29 is 14.7 Å². The zero-order valence-electron chi connectivity index (χ0n) is 9.34. The van der Waals surface area contributed by atoms with Crippen LogP contribution in [0.25, 0.3) is 0 Å². The molecule has 2 aromatic heterocycles. The number of carboxylic acid groups (broad SMARTS) is 1. The van der Waals surface area contributed by atoms with Crippen molar-refractivity contribution in [2.45, 2.75) is 6.92 Å². The molecule has 18 heavy (non-hydrogen) atoms. The summed E-state index contributed by atoms with van der Waals surface area (Å²) in [5.74, 6) is -1.40. The maximum Gasteiger partial charge on any atom is 0.356 e. The topological polar surface area (TPSA) is 121 Å². The Morgan fingerprint density at radius 3 is 2.83 bits per heavy atom. The molecule has 92 valence electrons. The molecular formula is C10H9N5O3. The summed E-state index contributed by atoms with van der Waals surface area (Å²) in [5.41, 5.74) is -0.143. The maximum absolute atomic E-state index is 11.7. The number of pyridine rings is 1. The van der Waals surface area contributed by atoms with Crippen molar-refractivity contribution in [1.82, 2.24) is 20.2 Å². The third kappa shape index (κ3) is 2.32. The molecule has 2 heterocycles. The van der Waals surface area contributed by atoms with Gasteiger partial charge in [-0.1, -0.05) is 0 Å². The van der Waals surface area contributed by atoms with Gasteiger partial charge in [-0.15, -0.1) is 5.10 Å². The lowest BCUT2D eigenvalue weighted by Crippen LogP contribution is -2.17. The van der Waals surface area contributed by atoms with Crippen LogP contribution >= 0.6 is 0 Å². The molecule has 8 heteroatoms. The van der Waals surface area contributed by atoms with E-state index in [0.29, 0.717) is 5.82 Å². The molecule has 0 aromatic carbocycles. The minimum atomic E-state index is -1.22. The fraction of sp³-hybridized carbons (Fsp3) is 0.100. The standard InChI is InChI=1S/C10H9N5O3/c1-5-12-8(15-14-5)9(16)13-6-3-2-4-11-7(6)10(17)18/h2-4H,1H3,(H,13,16)(H,17,18)(H,12,14,15). The van der Waals surface area contributed by atoms with Crippen LogP contribution in [0.4, 0.5) is 5.69 Å². The molecule has 0 fully saturated rings. The monoisotopic (exact) mass is 247 g/mol. The molecule has 0 aliphatic carbocycles. The Balaban J connectivity index is 2.24. The number of carbonyl (C=O) groups excluding carboxylic acids is 1. The van der Waals surface area contributed by atoms with Crippen LogP contribution in [-0.2, 0) is 0 Å². The first kappa shape index (κ1) is 11.7. The van der Waals surface area contributed by atoms with E-state index in [4.69, 9.17) is 5.11 Å². The Labute approximate surface area is 101 Å². The Bertz CT molecular complexity index is 607. The van der Waals surface area contributed by atoms with Crippen molar-refractivity contribution in [3.05, 3.63) is 35.7 Å². The van der Waals surface area contributed by atoms with Gasteiger partial charge in [-0.25, -0.2) is 14.8 Å². The zero-order valence-corrected chi connectivity index (χ0v) is 9.34. The predicted octanol–water partition coefficient (Wildman–Crippen LogP) is 0.459. The van der Waals surface area contributed by atoms with Gasteiger partial charge < -0.3 is 10.4 Å². The van der Waals surface area contributed by atoms with E-state index in [1.54, 1.807) is 6.92 Å². The average Bonchev–Trinajstić information content (AvgIpc) is 2.76. The molecule has 0 unspecified atom stereocenters. The second-order valence-corrected chi connectivity index (χ2v) is 3.40. The molecule has 0 atom stereocenters. The Morgan fingerprint density at radius 1 is 1.44 bits per heavy atom. The summed E-state index contributed by atoms with van der Waals surface area (Å²) in [6.07, 6.45) is 1.33. The van der Waals surface area contributed by atoms with Gasteiger partial charge in [-0.3, -0.25) is 9.89 Å². The number of aromatic carboxylic acids is 1. The van der Waals surface area contributed by atoms with E-state index in [2.05, 4.69) is 25.5 Å². The average molecular weight is 247 g/mol. The zero-order chi connectivity index (χ0) is 13.1. The van der Waals surface area contributed by atoms with E-state index < -0.39 is 11.9 Å². The minimum Gasteiger partial charge on any atom is -0.476 e. The van der Waals surface area contributed by atoms with E-state index in [1.165, 1.54) is 18.3 Å². The summed E-state index contributed by atoms with van der Waals surface area (Å²) in [4.78, 5) is 30.1. The van der Waals surface area contributed by atoms with Crippen LogP contribution in [0.5, 0.6) is 0 Å². The SMILES string of the molecule is Cc1nc(C(=O)Nc2cccnc2C(=O)O)n[nH]1. The predicted molar refractivity (Wildman–Crippen MR) is 60.3 cm³/mol. The molecule has 0 radical (unpaired) electrons. The minimum absolute atomic E-state index is 0.0623. The molecule has 0 aliphatic heterocycles. The van der Waals surface area contributed by atoms with Gasteiger partial charge in [0.15, 0.2) is 5.69 Å². The van der Waals surface area contributed by atoms with Crippen LogP contribution in [0.3, 0.4) is 0 Å². The van der Waals surface area contributed by atoms with Crippen molar-refractivity contribution in [1.29, 1.82) is 0 Å². The lowest BCUT2D eigenvalue weighted by Gasteiger charge is -2.04. The van der Waals surface area contributed by atoms with Crippen LogP contribution < -0.4 is 5.32 Å². The number of hydrogen-bond donors (Lipinski definition) is 3. The molecule has 0 saturated heterocycles. The highest BCUT2D eigenvalue weighted by atomic mass is 16.4. The van der Waals surface area contributed by atoms with Gasteiger partial charge in [0.05, 0.1) is 5.69 Å². The lowest BCUT2D eigenvalue weighted by molar-refractivity contribution is 0.0692. The Hall–Kier alpha value is -2.77. The van der Waals surface area contributed by atoms with Crippen molar-refractivity contribution in [3.63, 3.8) is 0 Å². The first-order valence-corrected chi connectivity index (χ1v) is 4.96. The number of hydrogen-bond acceptors (Lipinski definition) is 5. The van der Waals surface area contributed by atoms with E-state index >= 15 is 0 Å². The molecule has 0 saturated carbocycles. The van der Waals surface area contributed by atoms with E-state index in [1.807, 2.05) is 0 Å². The molecule has 8 nitrogen and oxygen atoms in total. The number of carboxylic acids is 1. The summed E-state index contributed by atoms with van der Waals surface area (Å²) in [7, 11) is 0. The number of nitrogens with one attached hydrogen (secondary N) is 2. The van der Waals surface area contributed by atoms with E-state index in [0.717, 1.165) is 0 Å². The molecule has 3 N–H and O–H groups in total. The Morgan fingerprint density at radius 2 is 2.22 bits per heavy atom. The quantitative estimate of drug-likeness (QED) is 0.724. The summed E-state index contributed by atoms with van der Waals surface area (Å²) < 4.78 is 0. The third-order valence-corrected chi connectivity index (χ3v) is 2.06. The van der Waals surface area contributed by atoms with E-state index in [9.17, 15) is 9.59 Å². The highest BCUT2D eigenvalue weighted by molar-refractivity contribution is 6.05. The summed E-state index contributed by atoms with van der Waals surface area (Å²) in [6, 6.07) is 2.96. The molecule has 2 rings (SSSR count). The summed E-state index contributed by atoms with van der Waals surface area (Å²) in [6.45, 7) is 1.65. The van der Waals surface area contributed by atoms with Crippen molar-refractivity contribution in [2.24, 2.45) is 0 Å². The van der Waals surface area contributed by atoms with Crippen LogP contribution in [0.1, 0.15) is 26.9 Å². The number of aromatic nitrogens is 4. The number of H-pyrrole nitrogens is 1. The number of rotatable bonds is 3. The van der Waals surface area contributed by atoms with Crippen LogP contribution in [0, 0.1) is 6.92 Å². The largest absolute Gasteiger partial charge is 0.476 e. The van der Waals surface area contributed by atoms with Gasteiger partial charge in [0, 0.05) is 6.20 Å². The van der Waals surface area contributed by atoms with Crippen LogP contribution in [0.2, 0.25) is 0 Å². The van der Waals surface area contributed by atoms with Crippen molar-refractivity contribution in [2.75, 3.05) is 5.32 Å². The van der Waals surface area contributed by atoms with Crippen LogP contribution in [0.15, 0.2) is 18.3 Å². The van der Waals surface area contributed by atoms with Gasteiger partial charge in [0.2, 0.25) is 5.82 Å². The number of amides is 1. The molecule has 2 aromatic rings. The van der Waals surface area contributed by atoms with Crippen LogP contribution in [-0.4, -0.2) is 37.1 Å². The molecule has 0 spiro atoms. The summed E-state index contributed by atoms with van der Waals surface area (Å²) in [5, 5.41) is 17.5. The van der Waals surface area contributed by atoms with Gasteiger partial charge in [0.1, 0.15) is 5.82 Å². The highest BCUT2D eigenvalue weighted by Gasteiger charge is 2.16. The van der Waals surface area contributed by atoms with Gasteiger partial charge >= 0.3 is 5.97 Å². The molecule has 0 aliphatic rings. The second kappa shape index (κ2) is 4.62. The maximum atomic E-state index is 11.7. The smallest absolute Gasteiger partial charge is 0.356 e. The van der Waals surface area contributed by atoms with Crippen molar-refractivity contribution >= 4 is 17.6 Å². The summed E-state index contributed by atoms with van der Waals surface area (Å²) >= 11 is 0. The third-order valence-electron chi connectivity index (χ3n) is 2.06. The molecule has 1 amide bonds. The fourth-order valence-corrected chi connectivity index (χ4v) is 1.30. The van der Waals surface area contributed by atoms with Gasteiger partial charge in [-0.05, 0) is 19.1 Å². The lowest BCUT2D eigenvalue weighted by atomic mass is 10.3. The Kier molecular flexibility index (Phi) is 3.00. The number of aryl methyl sites for hydroxylation is 1. The molecule has 0 bridgehead atoms. The number of anilines is 1. The van der Waals surface area contributed by atoms with E-state index in [-0.39, 0.29) is 17.2 Å². The number of carbonyl (C=O) groups is 2. The second-order valence-electron chi connectivity index (χ2n) is 3.40. The van der Waals surface area contributed by atoms with Gasteiger partial charge in [0.25, 0.3) is 5.91 Å². The van der Waals surface area contributed by atoms with Gasteiger partial charge in [-0.2, -0.15) is 0 Å². The number of nitrogens with zero attached hydrogens (tertiary/aromatic N) is 3. The first-order chi connectivity index (χ1) is 8.58.